The quantitative estimate of drug-likeness (QED) is 0.770. The van der Waals surface area contributed by atoms with E-state index in [0.29, 0.717) is 11.5 Å². The van der Waals surface area contributed by atoms with E-state index in [1.807, 2.05) is 0 Å². The minimum atomic E-state index is 0.469. The lowest BCUT2D eigenvalue weighted by Crippen LogP contribution is -2.49. The van der Waals surface area contributed by atoms with E-state index in [9.17, 15) is 0 Å². The lowest BCUT2D eigenvalue weighted by Gasteiger charge is -2.58. The molecule has 4 saturated carbocycles. The van der Waals surface area contributed by atoms with E-state index < -0.39 is 0 Å². The first-order valence-electron chi connectivity index (χ1n) is 8.39. The number of rotatable bonds is 5. The SMILES string of the molecule is CCC(CC)C(N)CC12CC3CC(CC(C3)C1)C2. The molecular formula is C17H31N. The third-order valence-electron chi connectivity index (χ3n) is 6.49. The molecule has 18 heavy (non-hydrogen) atoms. The molecule has 0 aromatic heterocycles. The van der Waals surface area contributed by atoms with Crippen molar-refractivity contribution in [3.8, 4) is 0 Å². The van der Waals surface area contributed by atoms with Gasteiger partial charge in [-0.2, -0.15) is 0 Å². The second-order valence-corrected chi connectivity index (χ2v) is 7.86. The second-order valence-electron chi connectivity index (χ2n) is 7.86. The van der Waals surface area contributed by atoms with Crippen molar-refractivity contribution in [2.24, 2.45) is 34.8 Å². The summed E-state index contributed by atoms with van der Waals surface area (Å²) in [6.07, 6.45) is 13.1. The van der Waals surface area contributed by atoms with Crippen LogP contribution in [0.5, 0.6) is 0 Å². The molecule has 4 aliphatic carbocycles. The van der Waals surface area contributed by atoms with Gasteiger partial charge >= 0.3 is 0 Å². The maximum Gasteiger partial charge on any atom is 0.00722 e. The van der Waals surface area contributed by atoms with Crippen molar-refractivity contribution < 1.29 is 0 Å². The molecule has 4 bridgehead atoms. The van der Waals surface area contributed by atoms with Crippen LogP contribution in [0.15, 0.2) is 0 Å². The van der Waals surface area contributed by atoms with Gasteiger partial charge in [0.1, 0.15) is 0 Å². The Morgan fingerprint density at radius 1 is 0.944 bits per heavy atom. The van der Waals surface area contributed by atoms with Crippen molar-refractivity contribution in [3.63, 3.8) is 0 Å². The minimum absolute atomic E-state index is 0.469. The van der Waals surface area contributed by atoms with Gasteiger partial charge in [0, 0.05) is 6.04 Å². The zero-order chi connectivity index (χ0) is 12.8. The van der Waals surface area contributed by atoms with Crippen molar-refractivity contribution in [2.75, 3.05) is 0 Å². The highest BCUT2D eigenvalue weighted by molar-refractivity contribution is 5.02. The van der Waals surface area contributed by atoms with Crippen LogP contribution in [0.25, 0.3) is 0 Å². The van der Waals surface area contributed by atoms with Crippen LogP contribution in [0.2, 0.25) is 0 Å². The molecular weight excluding hydrogens is 218 g/mol. The van der Waals surface area contributed by atoms with Crippen molar-refractivity contribution in [1.82, 2.24) is 0 Å². The molecule has 0 radical (unpaired) electrons. The molecule has 1 atom stereocenters. The van der Waals surface area contributed by atoms with E-state index in [2.05, 4.69) is 13.8 Å². The fourth-order valence-corrected chi connectivity index (χ4v) is 6.10. The van der Waals surface area contributed by atoms with Gasteiger partial charge in [0.2, 0.25) is 0 Å². The molecule has 0 aliphatic heterocycles. The number of nitrogens with two attached hydrogens (primary N) is 1. The number of hydrogen-bond donors (Lipinski definition) is 1. The van der Waals surface area contributed by atoms with Crippen molar-refractivity contribution in [2.45, 2.75) is 77.7 Å². The molecule has 4 rings (SSSR count). The molecule has 0 amide bonds. The van der Waals surface area contributed by atoms with Crippen LogP contribution in [-0.4, -0.2) is 6.04 Å². The Hall–Kier alpha value is -0.0400. The van der Waals surface area contributed by atoms with Crippen LogP contribution in [0.1, 0.15) is 71.6 Å². The van der Waals surface area contributed by atoms with Crippen LogP contribution >= 0.6 is 0 Å². The summed E-state index contributed by atoms with van der Waals surface area (Å²) in [4.78, 5) is 0. The Labute approximate surface area is 113 Å². The van der Waals surface area contributed by atoms with Gasteiger partial charge in [-0.15, -0.1) is 0 Å². The summed E-state index contributed by atoms with van der Waals surface area (Å²) in [6.45, 7) is 4.63. The largest absolute Gasteiger partial charge is 0.327 e. The fourth-order valence-electron chi connectivity index (χ4n) is 6.10. The second kappa shape index (κ2) is 4.81. The first-order valence-corrected chi connectivity index (χ1v) is 8.39. The van der Waals surface area contributed by atoms with Gasteiger partial charge < -0.3 is 5.73 Å². The molecule has 1 unspecified atom stereocenters. The highest BCUT2D eigenvalue weighted by atomic mass is 14.7. The molecule has 2 N–H and O–H groups in total. The summed E-state index contributed by atoms with van der Waals surface area (Å²) in [6, 6.07) is 0.469. The molecule has 4 aliphatic rings. The Balaban J connectivity index is 1.68. The highest BCUT2D eigenvalue weighted by Gasteiger charge is 2.51. The van der Waals surface area contributed by atoms with Gasteiger partial charge in [0.25, 0.3) is 0 Å². The lowest BCUT2D eigenvalue weighted by atomic mass is 9.48. The topological polar surface area (TPSA) is 26.0 Å². The average molecular weight is 249 g/mol. The van der Waals surface area contributed by atoms with E-state index in [1.165, 1.54) is 38.5 Å². The van der Waals surface area contributed by atoms with Crippen LogP contribution in [0, 0.1) is 29.1 Å². The standard InChI is InChI=1S/C17H31N/c1-3-15(4-2)16(18)11-17-8-12-5-13(9-17)7-14(6-12)10-17/h12-16H,3-11,18H2,1-2H3. The van der Waals surface area contributed by atoms with E-state index in [0.717, 1.165) is 23.7 Å². The molecule has 4 fully saturated rings. The van der Waals surface area contributed by atoms with E-state index in [1.54, 1.807) is 19.3 Å². The van der Waals surface area contributed by atoms with Gasteiger partial charge in [-0.05, 0) is 74.0 Å². The third kappa shape index (κ3) is 2.24. The highest BCUT2D eigenvalue weighted by Crippen LogP contribution is 2.61. The van der Waals surface area contributed by atoms with Crippen LogP contribution in [-0.2, 0) is 0 Å². The summed E-state index contributed by atoms with van der Waals surface area (Å²) < 4.78 is 0. The fraction of sp³-hybridized carbons (Fsp3) is 1.00. The number of hydrogen-bond acceptors (Lipinski definition) is 1. The van der Waals surface area contributed by atoms with Crippen LogP contribution < -0.4 is 5.73 Å². The Kier molecular flexibility index (Phi) is 3.47. The summed E-state index contributed by atoms with van der Waals surface area (Å²) in [5.41, 5.74) is 7.24. The summed E-state index contributed by atoms with van der Waals surface area (Å²) in [5, 5.41) is 0. The first kappa shape index (κ1) is 13.0. The summed E-state index contributed by atoms with van der Waals surface area (Å²) in [5.74, 6) is 3.98. The molecule has 0 aromatic carbocycles. The maximum absolute atomic E-state index is 6.56. The van der Waals surface area contributed by atoms with Gasteiger partial charge in [0.05, 0.1) is 0 Å². The van der Waals surface area contributed by atoms with Gasteiger partial charge in [0.15, 0.2) is 0 Å². The molecule has 1 heteroatoms. The zero-order valence-corrected chi connectivity index (χ0v) is 12.3. The van der Waals surface area contributed by atoms with Crippen LogP contribution in [0.3, 0.4) is 0 Å². The van der Waals surface area contributed by atoms with E-state index >= 15 is 0 Å². The van der Waals surface area contributed by atoms with Crippen molar-refractivity contribution in [3.05, 3.63) is 0 Å². The van der Waals surface area contributed by atoms with E-state index in [-0.39, 0.29) is 0 Å². The Morgan fingerprint density at radius 2 is 1.39 bits per heavy atom. The van der Waals surface area contributed by atoms with Gasteiger partial charge in [-0.1, -0.05) is 26.7 Å². The predicted octanol–water partition coefficient (Wildman–Crippen LogP) is 4.36. The monoisotopic (exact) mass is 249 g/mol. The van der Waals surface area contributed by atoms with Crippen molar-refractivity contribution >= 4 is 0 Å². The molecule has 1 nitrogen and oxygen atoms in total. The first-order chi connectivity index (χ1) is 8.64. The van der Waals surface area contributed by atoms with Gasteiger partial charge in [-0.25, -0.2) is 0 Å². The van der Waals surface area contributed by atoms with E-state index in [4.69, 9.17) is 5.73 Å². The average Bonchev–Trinajstić information content (AvgIpc) is 2.27. The zero-order valence-electron chi connectivity index (χ0n) is 12.3. The Morgan fingerprint density at radius 3 is 1.78 bits per heavy atom. The summed E-state index contributed by atoms with van der Waals surface area (Å²) in [7, 11) is 0. The lowest BCUT2D eigenvalue weighted by molar-refractivity contribution is -0.0629. The maximum atomic E-state index is 6.56. The minimum Gasteiger partial charge on any atom is -0.327 e. The smallest absolute Gasteiger partial charge is 0.00722 e. The Bertz CT molecular complexity index is 257. The predicted molar refractivity (Wildman–Crippen MR) is 77.3 cm³/mol. The molecule has 0 heterocycles. The van der Waals surface area contributed by atoms with Crippen molar-refractivity contribution in [1.29, 1.82) is 0 Å². The normalized spacial score (nSPS) is 43.7. The third-order valence-corrected chi connectivity index (χ3v) is 6.49. The molecule has 0 spiro atoms. The van der Waals surface area contributed by atoms with Gasteiger partial charge in [-0.3, -0.25) is 0 Å². The molecule has 0 saturated heterocycles. The van der Waals surface area contributed by atoms with Crippen LogP contribution in [0.4, 0.5) is 0 Å². The summed E-state index contributed by atoms with van der Waals surface area (Å²) >= 11 is 0. The molecule has 104 valence electrons. The molecule has 0 aromatic rings.